The van der Waals surface area contributed by atoms with Crippen LogP contribution in [-0.4, -0.2) is 5.78 Å². The molecule has 2 heteroatoms. The zero-order valence-corrected chi connectivity index (χ0v) is 9.96. The standard InChI is InChI=1S/C15H17NO/c17-15(11-4-2-1-3-5-11)12-6-7-13-9-16-10-14(13)8-12/h4,6-8,16H,1-3,5,9-10H2. The molecule has 0 atom stereocenters. The van der Waals surface area contributed by atoms with Crippen LogP contribution in [0.3, 0.4) is 0 Å². The summed E-state index contributed by atoms with van der Waals surface area (Å²) in [6.07, 6.45) is 6.52. The number of allylic oxidation sites excluding steroid dienone is 2. The molecule has 0 aromatic heterocycles. The van der Waals surface area contributed by atoms with Crippen LogP contribution in [0.5, 0.6) is 0 Å². The van der Waals surface area contributed by atoms with E-state index in [0.29, 0.717) is 0 Å². The van der Waals surface area contributed by atoms with E-state index in [1.165, 1.54) is 17.5 Å². The number of carbonyl (C=O) groups is 1. The number of hydrogen-bond acceptors (Lipinski definition) is 2. The lowest BCUT2D eigenvalue weighted by Gasteiger charge is -2.12. The largest absolute Gasteiger partial charge is 0.309 e. The van der Waals surface area contributed by atoms with Gasteiger partial charge in [0.05, 0.1) is 0 Å². The van der Waals surface area contributed by atoms with Gasteiger partial charge in [-0.05, 0) is 48.4 Å². The van der Waals surface area contributed by atoms with Crippen LogP contribution in [0.1, 0.15) is 47.2 Å². The highest BCUT2D eigenvalue weighted by Crippen LogP contribution is 2.23. The Morgan fingerprint density at radius 2 is 2.00 bits per heavy atom. The molecular formula is C15H17NO. The first-order valence-electron chi connectivity index (χ1n) is 6.41. The molecule has 2 aliphatic rings. The van der Waals surface area contributed by atoms with Crippen molar-refractivity contribution in [3.05, 3.63) is 46.5 Å². The monoisotopic (exact) mass is 227 g/mol. The van der Waals surface area contributed by atoms with Crippen LogP contribution in [0.2, 0.25) is 0 Å². The molecule has 0 spiro atoms. The van der Waals surface area contributed by atoms with Gasteiger partial charge in [0.2, 0.25) is 0 Å². The molecule has 1 heterocycles. The van der Waals surface area contributed by atoms with Crippen LogP contribution in [0, 0.1) is 0 Å². The van der Waals surface area contributed by atoms with Gasteiger partial charge in [-0.15, -0.1) is 0 Å². The fourth-order valence-corrected chi connectivity index (χ4v) is 2.67. The third-order valence-corrected chi connectivity index (χ3v) is 3.68. The summed E-state index contributed by atoms with van der Waals surface area (Å²) in [4.78, 5) is 12.3. The second kappa shape index (κ2) is 4.46. The molecule has 1 aliphatic carbocycles. The maximum absolute atomic E-state index is 12.3. The summed E-state index contributed by atoms with van der Waals surface area (Å²) >= 11 is 0. The molecule has 0 unspecified atom stereocenters. The third-order valence-electron chi connectivity index (χ3n) is 3.68. The van der Waals surface area contributed by atoms with Crippen LogP contribution >= 0.6 is 0 Å². The Morgan fingerprint density at radius 3 is 2.82 bits per heavy atom. The van der Waals surface area contributed by atoms with Crippen molar-refractivity contribution in [1.82, 2.24) is 5.32 Å². The molecule has 1 aliphatic heterocycles. The highest BCUT2D eigenvalue weighted by molar-refractivity contribution is 6.08. The average Bonchev–Trinajstić information content (AvgIpc) is 2.86. The summed E-state index contributed by atoms with van der Waals surface area (Å²) in [5.74, 6) is 0.236. The van der Waals surface area contributed by atoms with E-state index in [0.717, 1.165) is 43.5 Å². The normalized spacial score (nSPS) is 18.7. The molecule has 0 radical (unpaired) electrons. The fraction of sp³-hybridized carbons (Fsp3) is 0.400. The van der Waals surface area contributed by atoms with Crippen molar-refractivity contribution in [3.8, 4) is 0 Å². The number of rotatable bonds is 2. The summed E-state index contributed by atoms with van der Waals surface area (Å²) in [7, 11) is 0. The minimum absolute atomic E-state index is 0.236. The Morgan fingerprint density at radius 1 is 1.12 bits per heavy atom. The molecule has 0 bridgehead atoms. The number of nitrogens with one attached hydrogen (secondary N) is 1. The van der Waals surface area contributed by atoms with Gasteiger partial charge in [0, 0.05) is 18.7 Å². The third kappa shape index (κ3) is 2.05. The van der Waals surface area contributed by atoms with Crippen molar-refractivity contribution < 1.29 is 4.79 Å². The predicted molar refractivity (Wildman–Crippen MR) is 67.9 cm³/mol. The zero-order valence-electron chi connectivity index (χ0n) is 9.96. The van der Waals surface area contributed by atoms with Gasteiger partial charge in [0.25, 0.3) is 0 Å². The Kier molecular flexibility index (Phi) is 2.81. The van der Waals surface area contributed by atoms with Crippen molar-refractivity contribution in [2.45, 2.75) is 38.8 Å². The number of benzene rings is 1. The van der Waals surface area contributed by atoms with Gasteiger partial charge < -0.3 is 5.32 Å². The van der Waals surface area contributed by atoms with Gasteiger partial charge in [0.15, 0.2) is 5.78 Å². The number of ketones is 1. The maximum atomic E-state index is 12.3. The first-order chi connectivity index (χ1) is 8.34. The maximum Gasteiger partial charge on any atom is 0.188 e. The molecule has 1 N–H and O–H groups in total. The van der Waals surface area contributed by atoms with E-state index < -0.39 is 0 Å². The first-order valence-corrected chi connectivity index (χ1v) is 6.41. The van der Waals surface area contributed by atoms with Crippen molar-refractivity contribution >= 4 is 5.78 Å². The predicted octanol–water partition coefficient (Wildman–Crippen LogP) is 2.97. The van der Waals surface area contributed by atoms with Crippen LogP contribution < -0.4 is 5.32 Å². The van der Waals surface area contributed by atoms with Crippen molar-refractivity contribution in [3.63, 3.8) is 0 Å². The van der Waals surface area contributed by atoms with Gasteiger partial charge in [-0.3, -0.25) is 4.79 Å². The summed E-state index contributed by atoms with van der Waals surface area (Å²) in [5, 5.41) is 3.31. The van der Waals surface area contributed by atoms with Crippen molar-refractivity contribution in [2.24, 2.45) is 0 Å². The molecule has 1 aromatic carbocycles. The van der Waals surface area contributed by atoms with Gasteiger partial charge in [-0.25, -0.2) is 0 Å². The first kappa shape index (κ1) is 10.7. The van der Waals surface area contributed by atoms with E-state index >= 15 is 0 Å². The Balaban J connectivity index is 1.88. The van der Waals surface area contributed by atoms with Gasteiger partial charge in [-0.1, -0.05) is 18.2 Å². The smallest absolute Gasteiger partial charge is 0.188 e. The van der Waals surface area contributed by atoms with Crippen LogP contribution in [0.4, 0.5) is 0 Å². The summed E-state index contributed by atoms with van der Waals surface area (Å²) < 4.78 is 0. The minimum atomic E-state index is 0.236. The topological polar surface area (TPSA) is 29.1 Å². The van der Waals surface area contributed by atoms with Gasteiger partial charge in [0.1, 0.15) is 0 Å². The zero-order chi connectivity index (χ0) is 11.7. The summed E-state index contributed by atoms with van der Waals surface area (Å²) in [6.45, 7) is 1.84. The summed E-state index contributed by atoms with van der Waals surface area (Å²) in [5.41, 5.74) is 4.49. The molecule has 0 fully saturated rings. The van der Waals surface area contributed by atoms with Crippen LogP contribution in [-0.2, 0) is 13.1 Å². The van der Waals surface area contributed by atoms with E-state index in [4.69, 9.17) is 0 Å². The minimum Gasteiger partial charge on any atom is -0.309 e. The SMILES string of the molecule is O=C(C1=CCCCC1)c1ccc2c(c1)CNC2. The molecule has 17 heavy (non-hydrogen) atoms. The highest BCUT2D eigenvalue weighted by atomic mass is 16.1. The Hall–Kier alpha value is -1.41. The van der Waals surface area contributed by atoms with E-state index in [1.807, 2.05) is 6.07 Å². The van der Waals surface area contributed by atoms with Crippen LogP contribution in [0.25, 0.3) is 0 Å². The summed E-state index contributed by atoms with van der Waals surface area (Å²) in [6, 6.07) is 6.13. The molecule has 3 rings (SSSR count). The van der Waals surface area contributed by atoms with Crippen molar-refractivity contribution in [2.75, 3.05) is 0 Å². The number of carbonyl (C=O) groups excluding carboxylic acids is 1. The van der Waals surface area contributed by atoms with E-state index in [9.17, 15) is 4.79 Å². The molecule has 1 aromatic rings. The number of Topliss-reactive ketones (excluding diaryl/α,β-unsaturated/α-hetero) is 1. The highest BCUT2D eigenvalue weighted by Gasteiger charge is 2.17. The lowest BCUT2D eigenvalue weighted by atomic mass is 9.92. The van der Waals surface area contributed by atoms with Crippen molar-refractivity contribution in [1.29, 1.82) is 0 Å². The molecular weight excluding hydrogens is 210 g/mol. The number of hydrogen-bond donors (Lipinski definition) is 1. The van der Waals surface area contributed by atoms with Crippen LogP contribution in [0.15, 0.2) is 29.8 Å². The molecule has 2 nitrogen and oxygen atoms in total. The lowest BCUT2D eigenvalue weighted by molar-refractivity contribution is 0.102. The van der Waals surface area contributed by atoms with E-state index in [1.54, 1.807) is 0 Å². The second-order valence-corrected chi connectivity index (χ2v) is 4.89. The molecule has 0 amide bonds. The molecule has 88 valence electrons. The molecule has 0 saturated carbocycles. The quantitative estimate of drug-likeness (QED) is 0.787. The van der Waals surface area contributed by atoms with Gasteiger partial charge in [-0.2, -0.15) is 0 Å². The van der Waals surface area contributed by atoms with E-state index in [-0.39, 0.29) is 5.78 Å². The fourth-order valence-electron chi connectivity index (χ4n) is 2.67. The second-order valence-electron chi connectivity index (χ2n) is 4.89. The number of fused-ring (bicyclic) bond motifs is 1. The lowest BCUT2D eigenvalue weighted by Crippen LogP contribution is -2.07. The molecule has 0 saturated heterocycles. The van der Waals surface area contributed by atoms with Gasteiger partial charge >= 0.3 is 0 Å². The average molecular weight is 227 g/mol. The van der Waals surface area contributed by atoms with E-state index in [2.05, 4.69) is 23.5 Å². The Bertz CT molecular complexity index is 488. The Labute approximate surface area is 102 Å².